The van der Waals surface area contributed by atoms with Crippen molar-refractivity contribution in [1.82, 2.24) is 4.98 Å². The molecule has 0 saturated carbocycles. The molecule has 1 rings (SSSR count). The third-order valence-corrected chi connectivity index (χ3v) is 2.77. The van der Waals surface area contributed by atoms with Crippen LogP contribution in [0.2, 0.25) is 0 Å². The van der Waals surface area contributed by atoms with Gasteiger partial charge in [-0.15, -0.1) is 0 Å². The number of ether oxygens (including phenoxy) is 1. The summed E-state index contributed by atoms with van der Waals surface area (Å²) < 4.78 is 5.57. The molecule has 0 aliphatic rings. The Morgan fingerprint density at radius 3 is 2.72 bits per heavy atom. The molecule has 4 heteroatoms. The predicted molar refractivity (Wildman–Crippen MR) is 70.9 cm³/mol. The molecule has 0 aromatic carbocycles. The van der Waals surface area contributed by atoms with Crippen LogP contribution in [0.3, 0.4) is 0 Å². The molecule has 0 aliphatic heterocycles. The normalized spacial score (nSPS) is 11.0. The van der Waals surface area contributed by atoms with Gasteiger partial charge in [0.05, 0.1) is 30.0 Å². The maximum absolute atomic E-state index is 8.88. The van der Waals surface area contributed by atoms with Crippen molar-refractivity contribution in [1.29, 1.82) is 5.26 Å². The van der Waals surface area contributed by atoms with E-state index in [1.165, 1.54) is 0 Å². The minimum atomic E-state index is -0.232. The maximum atomic E-state index is 8.88. The SMILES string of the molecule is CC(C)(C#N)CCCCOc1ccc(CN)nc1. The zero-order valence-electron chi connectivity index (χ0n) is 11.1. The van der Waals surface area contributed by atoms with Crippen LogP contribution in [0.15, 0.2) is 18.3 Å². The Balaban J connectivity index is 2.20. The first-order valence-corrected chi connectivity index (χ1v) is 6.26. The highest BCUT2D eigenvalue weighted by molar-refractivity contribution is 5.19. The first kappa shape index (κ1) is 14.5. The summed E-state index contributed by atoms with van der Waals surface area (Å²) in [6.07, 6.45) is 4.54. The van der Waals surface area contributed by atoms with Gasteiger partial charge in [0, 0.05) is 6.54 Å². The summed E-state index contributed by atoms with van der Waals surface area (Å²) in [5.74, 6) is 0.770. The van der Waals surface area contributed by atoms with E-state index in [1.807, 2.05) is 26.0 Å². The second-order valence-electron chi connectivity index (χ2n) is 4.99. The Morgan fingerprint density at radius 2 is 2.17 bits per heavy atom. The van der Waals surface area contributed by atoms with E-state index in [-0.39, 0.29) is 5.41 Å². The summed E-state index contributed by atoms with van der Waals surface area (Å²) in [5.41, 5.74) is 6.09. The summed E-state index contributed by atoms with van der Waals surface area (Å²) in [5, 5.41) is 8.88. The first-order valence-electron chi connectivity index (χ1n) is 6.26. The summed E-state index contributed by atoms with van der Waals surface area (Å²) >= 11 is 0. The minimum Gasteiger partial charge on any atom is -0.492 e. The van der Waals surface area contributed by atoms with Gasteiger partial charge in [-0.1, -0.05) is 0 Å². The summed E-state index contributed by atoms with van der Waals surface area (Å²) in [6, 6.07) is 6.05. The van der Waals surface area contributed by atoms with Crippen LogP contribution in [0.4, 0.5) is 0 Å². The lowest BCUT2D eigenvalue weighted by atomic mass is 9.89. The van der Waals surface area contributed by atoms with Gasteiger partial charge >= 0.3 is 0 Å². The lowest BCUT2D eigenvalue weighted by Crippen LogP contribution is -2.08. The van der Waals surface area contributed by atoms with Gasteiger partial charge < -0.3 is 10.5 Å². The van der Waals surface area contributed by atoms with Crippen LogP contribution in [0.5, 0.6) is 5.75 Å². The van der Waals surface area contributed by atoms with Gasteiger partial charge in [-0.3, -0.25) is 4.98 Å². The third-order valence-electron chi connectivity index (χ3n) is 2.77. The summed E-state index contributed by atoms with van der Waals surface area (Å²) in [6.45, 7) is 5.03. The molecule has 2 N–H and O–H groups in total. The summed E-state index contributed by atoms with van der Waals surface area (Å²) in [7, 11) is 0. The van der Waals surface area contributed by atoms with Crippen molar-refractivity contribution in [2.45, 2.75) is 39.7 Å². The highest BCUT2D eigenvalue weighted by Gasteiger charge is 2.15. The van der Waals surface area contributed by atoms with Crippen molar-refractivity contribution < 1.29 is 4.74 Å². The van der Waals surface area contributed by atoms with Crippen molar-refractivity contribution in [3.63, 3.8) is 0 Å². The minimum absolute atomic E-state index is 0.232. The van der Waals surface area contributed by atoms with Crippen molar-refractivity contribution >= 4 is 0 Å². The Kier molecular flexibility index (Phi) is 5.60. The molecule has 0 aliphatic carbocycles. The molecule has 1 aromatic rings. The smallest absolute Gasteiger partial charge is 0.137 e. The fourth-order valence-electron chi connectivity index (χ4n) is 1.53. The summed E-state index contributed by atoms with van der Waals surface area (Å²) in [4.78, 5) is 4.16. The second-order valence-corrected chi connectivity index (χ2v) is 4.99. The molecular weight excluding hydrogens is 226 g/mol. The largest absolute Gasteiger partial charge is 0.492 e. The Morgan fingerprint density at radius 1 is 1.39 bits per heavy atom. The number of pyridine rings is 1. The standard InChI is InChI=1S/C14H21N3O/c1-14(2,11-16)7-3-4-8-18-13-6-5-12(9-15)17-10-13/h5-6,10H,3-4,7-9,15H2,1-2H3. The van der Waals surface area contributed by atoms with Crippen molar-refractivity contribution in [3.8, 4) is 11.8 Å². The van der Waals surface area contributed by atoms with Crippen LogP contribution < -0.4 is 10.5 Å². The number of unbranched alkanes of at least 4 members (excludes halogenated alkanes) is 1. The highest BCUT2D eigenvalue weighted by atomic mass is 16.5. The quantitative estimate of drug-likeness (QED) is 0.752. The molecule has 0 spiro atoms. The number of nitrogens with two attached hydrogens (primary N) is 1. The zero-order valence-corrected chi connectivity index (χ0v) is 11.1. The zero-order chi connectivity index (χ0) is 13.4. The molecule has 0 atom stereocenters. The van der Waals surface area contributed by atoms with E-state index < -0.39 is 0 Å². The number of hydrogen-bond acceptors (Lipinski definition) is 4. The van der Waals surface area contributed by atoms with Gasteiger partial charge in [-0.25, -0.2) is 0 Å². The number of nitriles is 1. The van der Waals surface area contributed by atoms with Crippen molar-refractivity contribution in [3.05, 3.63) is 24.0 Å². The van der Waals surface area contributed by atoms with E-state index in [1.54, 1.807) is 6.20 Å². The van der Waals surface area contributed by atoms with Gasteiger partial charge in [-0.05, 0) is 45.2 Å². The highest BCUT2D eigenvalue weighted by Crippen LogP contribution is 2.21. The molecule has 1 heterocycles. The number of rotatable bonds is 7. The number of aromatic nitrogens is 1. The molecule has 0 amide bonds. The molecule has 0 bridgehead atoms. The molecule has 0 unspecified atom stereocenters. The van der Waals surface area contributed by atoms with Crippen LogP contribution in [-0.4, -0.2) is 11.6 Å². The molecule has 0 saturated heterocycles. The van der Waals surface area contributed by atoms with Gasteiger partial charge in [0.1, 0.15) is 5.75 Å². The fraction of sp³-hybridized carbons (Fsp3) is 0.571. The maximum Gasteiger partial charge on any atom is 0.137 e. The van der Waals surface area contributed by atoms with Crippen LogP contribution in [0.25, 0.3) is 0 Å². The first-order chi connectivity index (χ1) is 8.57. The number of hydrogen-bond donors (Lipinski definition) is 1. The predicted octanol–water partition coefficient (Wildman–Crippen LogP) is 2.64. The van der Waals surface area contributed by atoms with E-state index in [2.05, 4.69) is 11.1 Å². The van der Waals surface area contributed by atoms with E-state index in [0.717, 1.165) is 30.7 Å². The monoisotopic (exact) mass is 247 g/mol. The molecule has 4 nitrogen and oxygen atoms in total. The number of nitrogens with zero attached hydrogens (tertiary/aromatic N) is 2. The van der Waals surface area contributed by atoms with E-state index in [4.69, 9.17) is 15.7 Å². The van der Waals surface area contributed by atoms with Gasteiger partial charge in [0.15, 0.2) is 0 Å². The van der Waals surface area contributed by atoms with E-state index in [0.29, 0.717) is 13.2 Å². The van der Waals surface area contributed by atoms with Crippen LogP contribution in [0, 0.1) is 16.7 Å². The molecule has 1 aromatic heterocycles. The molecule has 98 valence electrons. The Labute approximate surface area is 109 Å². The van der Waals surface area contributed by atoms with Crippen LogP contribution in [0.1, 0.15) is 38.8 Å². The topological polar surface area (TPSA) is 71.9 Å². The van der Waals surface area contributed by atoms with Crippen LogP contribution >= 0.6 is 0 Å². The van der Waals surface area contributed by atoms with Gasteiger partial charge in [0.2, 0.25) is 0 Å². The van der Waals surface area contributed by atoms with E-state index in [9.17, 15) is 0 Å². The Hall–Kier alpha value is -1.60. The van der Waals surface area contributed by atoms with Crippen LogP contribution in [-0.2, 0) is 6.54 Å². The Bertz CT molecular complexity index is 392. The average molecular weight is 247 g/mol. The molecule has 0 fully saturated rings. The van der Waals surface area contributed by atoms with Gasteiger partial charge in [0.25, 0.3) is 0 Å². The van der Waals surface area contributed by atoms with E-state index >= 15 is 0 Å². The lowest BCUT2D eigenvalue weighted by molar-refractivity contribution is 0.294. The molecule has 18 heavy (non-hydrogen) atoms. The van der Waals surface area contributed by atoms with Crippen molar-refractivity contribution in [2.75, 3.05) is 6.61 Å². The molecule has 0 radical (unpaired) electrons. The lowest BCUT2D eigenvalue weighted by Gasteiger charge is -2.14. The fourth-order valence-corrected chi connectivity index (χ4v) is 1.53. The van der Waals surface area contributed by atoms with Gasteiger partial charge in [-0.2, -0.15) is 5.26 Å². The van der Waals surface area contributed by atoms with Crippen molar-refractivity contribution in [2.24, 2.45) is 11.1 Å². The third kappa shape index (κ3) is 5.15. The second kappa shape index (κ2) is 6.97. The molecular formula is C14H21N3O. The average Bonchev–Trinajstić information content (AvgIpc) is 2.39.